The first-order valence-electron chi connectivity index (χ1n) is 8.76. The standard InChI is InChI=1S/C18H16N4O6S/c1-18(11-5-8-29-10-11)15(23)21(16(24)19-18)7-2-6-20-13-9-12(22(26)27)3-4-14(13)28-17(20)25/h3-5,8-10H,2,6-7H2,1H3,(H,19,24). The third-order valence-corrected chi connectivity index (χ3v) is 5.68. The Balaban J connectivity index is 1.51. The zero-order chi connectivity index (χ0) is 20.8. The van der Waals surface area contributed by atoms with Crippen LogP contribution in [0.5, 0.6) is 0 Å². The lowest BCUT2D eigenvalue weighted by molar-refractivity contribution is -0.384. The number of rotatable bonds is 6. The summed E-state index contributed by atoms with van der Waals surface area (Å²) >= 11 is 1.43. The van der Waals surface area contributed by atoms with E-state index in [0.717, 1.165) is 4.90 Å². The lowest BCUT2D eigenvalue weighted by atomic mass is 9.95. The van der Waals surface area contributed by atoms with Crippen molar-refractivity contribution in [2.45, 2.75) is 25.4 Å². The number of aryl methyl sites for hydroxylation is 1. The average molecular weight is 416 g/mol. The molecule has 11 heteroatoms. The van der Waals surface area contributed by atoms with Crippen molar-refractivity contribution < 1.29 is 18.9 Å². The van der Waals surface area contributed by atoms with Gasteiger partial charge in [0.25, 0.3) is 11.6 Å². The van der Waals surface area contributed by atoms with Gasteiger partial charge in [-0.2, -0.15) is 11.3 Å². The van der Waals surface area contributed by atoms with Crippen molar-refractivity contribution in [2.24, 2.45) is 0 Å². The van der Waals surface area contributed by atoms with Gasteiger partial charge in [-0.25, -0.2) is 9.59 Å². The number of hydrogen-bond donors (Lipinski definition) is 1. The van der Waals surface area contributed by atoms with Gasteiger partial charge in [0.15, 0.2) is 5.58 Å². The van der Waals surface area contributed by atoms with Crippen molar-refractivity contribution in [3.63, 3.8) is 0 Å². The van der Waals surface area contributed by atoms with Gasteiger partial charge in [0.05, 0.1) is 10.4 Å². The number of nitrogens with zero attached hydrogens (tertiary/aromatic N) is 3. The van der Waals surface area contributed by atoms with Crippen molar-refractivity contribution in [3.8, 4) is 0 Å². The number of fused-ring (bicyclic) bond motifs is 1. The molecule has 1 aromatic carbocycles. The molecule has 3 heterocycles. The van der Waals surface area contributed by atoms with E-state index in [1.54, 1.807) is 13.0 Å². The number of non-ortho nitro benzene ring substituents is 1. The zero-order valence-electron chi connectivity index (χ0n) is 15.3. The van der Waals surface area contributed by atoms with Crippen LogP contribution in [0.2, 0.25) is 0 Å². The number of imide groups is 1. The highest BCUT2D eigenvalue weighted by molar-refractivity contribution is 7.08. The molecule has 1 saturated heterocycles. The van der Waals surface area contributed by atoms with Crippen LogP contribution in [-0.4, -0.2) is 32.9 Å². The molecule has 1 aliphatic rings. The Morgan fingerprint density at radius 1 is 1.24 bits per heavy atom. The van der Waals surface area contributed by atoms with Crippen LogP contribution in [0.25, 0.3) is 11.1 Å². The molecule has 1 aliphatic heterocycles. The summed E-state index contributed by atoms with van der Waals surface area (Å²) in [7, 11) is 0. The summed E-state index contributed by atoms with van der Waals surface area (Å²) in [6.07, 6.45) is 0.288. The minimum atomic E-state index is -1.11. The fourth-order valence-electron chi connectivity index (χ4n) is 3.41. The summed E-state index contributed by atoms with van der Waals surface area (Å²) < 4.78 is 6.37. The summed E-state index contributed by atoms with van der Waals surface area (Å²) in [6, 6.07) is 5.19. The van der Waals surface area contributed by atoms with Gasteiger partial charge in [-0.15, -0.1) is 0 Å². The van der Waals surface area contributed by atoms with E-state index in [-0.39, 0.29) is 36.7 Å². The minimum Gasteiger partial charge on any atom is -0.408 e. The van der Waals surface area contributed by atoms with Crippen LogP contribution >= 0.6 is 11.3 Å². The molecule has 0 spiro atoms. The maximum atomic E-state index is 12.8. The van der Waals surface area contributed by atoms with Gasteiger partial charge >= 0.3 is 11.8 Å². The molecule has 4 rings (SSSR count). The number of urea groups is 1. The van der Waals surface area contributed by atoms with E-state index in [1.807, 2.05) is 10.8 Å². The number of hydrogen-bond acceptors (Lipinski definition) is 7. The van der Waals surface area contributed by atoms with Crippen LogP contribution in [0, 0.1) is 10.1 Å². The molecule has 1 N–H and O–H groups in total. The Labute approximate surface area is 167 Å². The first-order valence-corrected chi connectivity index (χ1v) is 9.70. The molecule has 150 valence electrons. The second kappa shape index (κ2) is 6.85. The number of carbonyl (C=O) groups excluding carboxylic acids is 2. The van der Waals surface area contributed by atoms with Crippen molar-refractivity contribution in [1.82, 2.24) is 14.8 Å². The van der Waals surface area contributed by atoms with Crippen molar-refractivity contribution in [3.05, 3.63) is 61.3 Å². The molecule has 0 radical (unpaired) electrons. The molecule has 0 saturated carbocycles. The first kappa shape index (κ1) is 18.9. The van der Waals surface area contributed by atoms with E-state index in [0.29, 0.717) is 11.1 Å². The fraction of sp³-hybridized carbons (Fsp3) is 0.278. The van der Waals surface area contributed by atoms with Gasteiger partial charge < -0.3 is 9.73 Å². The Kier molecular flexibility index (Phi) is 4.46. The van der Waals surface area contributed by atoms with E-state index in [4.69, 9.17) is 4.42 Å². The van der Waals surface area contributed by atoms with Gasteiger partial charge in [-0.1, -0.05) is 0 Å². The molecule has 3 amide bonds. The quantitative estimate of drug-likeness (QED) is 0.373. The Morgan fingerprint density at radius 2 is 2.03 bits per heavy atom. The molecule has 10 nitrogen and oxygen atoms in total. The predicted octanol–water partition coefficient (Wildman–Crippen LogP) is 2.42. The maximum Gasteiger partial charge on any atom is 0.419 e. The van der Waals surface area contributed by atoms with Gasteiger partial charge in [0.1, 0.15) is 5.54 Å². The number of oxazole rings is 1. The van der Waals surface area contributed by atoms with Gasteiger partial charge in [-0.05, 0) is 41.8 Å². The molecular weight excluding hydrogens is 400 g/mol. The van der Waals surface area contributed by atoms with Crippen LogP contribution in [-0.2, 0) is 16.9 Å². The second-order valence-electron chi connectivity index (χ2n) is 6.81. The smallest absolute Gasteiger partial charge is 0.408 e. The molecule has 1 unspecified atom stereocenters. The fourth-order valence-corrected chi connectivity index (χ4v) is 4.17. The number of amides is 3. The zero-order valence-corrected chi connectivity index (χ0v) is 16.1. The van der Waals surface area contributed by atoms with Crippen LogP contribution in [0.15, 0.2) is 44.2 Å². The summed E-state index contributed by atoms with van der Waals surface area (Å²) in [6.45, 7) is 1.89. The Morgan fingerprint density at radius 3 is 2.72 bits per heavy atom. The Bertz CT molecular complexity index is 1180. The lowest BCUT2D eigenvalue weighted by Gasteiger charge is -2.20. The molecule has 1 fully saturated rings. The first-order chi connectivity index (χ1) is 13.8. The van der Waals surface area contributed by atoms with Crippen molar-refractivity contribution >= 4 is 40.1 Å². The van der Waals surface area contributed by atoms with Gasteiger partial charge in [0, 0.05) is 25.2 Å². The number of nitro groups is 1. The van der Waals surface area contributed by atoms with E-state index in [2.05, 4.69) is 5.32 Å². The number of carbonyl (C=O) groups is 2. The largest absolute Gasteiger partial charge is 0.419 e. The molecule has 0 bridgehead atoms. The molecular formula is C18H16N4O6S. The van der Waals surface area contributed by atoms with E-state index >= 15 is 0 Å². The van der Waals surface area contributed by atoms with E-state index in [1.165, 1.54) is 34.1 Å². The third-order valence-electron chi connectivity index (χ3n) is 5.00. The topological polar surface area (TPSA) is 128 Å². The number of aromatic nitrogens is 1. The number of nitro benzene ring substituents is 1. The molecule has 0 aliphatic carbocycles. The SMILES string of the molecule is CC1(c2ccsc2)NC(=O)N(CCCn2c(=O)oc3ccc([N+](=O)[O-])cc32)C1=O. The predicted molar refractivity (Wildman–Crippen MR) is 104 cm³/mol. The summed E-state index contributed by atoms with van der Waals surface area (Å²) in [5.41, 5.74) is -0.0258. The summed E-state index contributed by atoms with van der Waals surface area (Å²) in [5.74, 6) is -1.01. The van der Waals surface area contributed by atoms with Crippen LogP contribution in [0.3, 0.4) is 0 Å². The number of thiophene rings is 1. The lowest BCUT2D eigenvalue weighted by Crippen LogP contribution is -2.40. The van der Waals surface area contributed by atoms with Gasteiger partial charge in [-0.3, -0.25) is 24.4 Å². The van der Waals surface area contributed by atoms with Crippen molar-refractivity contribution in [2.75, 3.05) is 6.54 Å². The monoisotopic (exact) mass is 416 g/mol. The highest BCUT2D eigenvalue weighted by Gasteiger charge is 2.48. The maximum absolute atomic E-state index is 12.8. The molecule has 3 aromatic rings. The highest BCUT2D eigenvalue weighted by atomic mass is 32.1. The van der Waals surface area contributed by atoms with Gasteiger partial charge in [0.2, 0.25) is 0 Å². The van der Waals surface area contributed by atoms with E-state index in [9.17, 15) is 24.5 Å². The Hall–Kier alpha value is -3.47. The third kappa shape index (κ3) is 3.09. The minimum absolute atomic E-state index is 0.0957. The van der Waals surface area contributed by atoms with Crippen LogP contribution in [0.1, 0.15) is 18.9 Å². The summed E-state index contributed by atoms with van der Waals surface area (Å²) in [5, 5.41) is 17.3. The summed E-state index contributed by atoms with van der Waals surface area (Å²) in [4.78, 5) is 48.8. The van der Waals surface area contributed by atoms with Crippen LogP contribution in [0.4, 0.5) is 10.5 Å². The molecule has 1 atom stereocenters. The molecule has 2 aromatic heterocycles. The van der Waals surface area contributed by atoms with E-state index < -0.39 is 22.2 Å². The number of benzene rings is 1. The van der Waals surface area contributed by atoms with Crippen LogP contribution < -0.4 is 11.1 Å². The second-order valence-corrected chi connectivity index (χ2v) is 7.59. The van der Waals surface area contributed by atoms with Crippen molar-refractivity contribution in [1.29, 1.82) is 0 Å². The number of nitrogens with one attached hydrogen (secondary N) is 1. The highest BCUT2D eigenvalue weighted by Crippen LogP contribution is 2.30. The molecule has 29 heavy (non-hydrogen) atoms. The average Bonchev–Trinajstić information content (AvgIpc) is 3.36. The normalized spacial score (nSPS) is 19.1.